The highest BCUT2D eigenvalue weighted by Crippen LogP contribution is 1.77. The molecule has 2 amide bonds. The molecule has 4 nitrogen and oxygen atoms in total. The zero-order chi connectivity index (χ0) is 9.02. The predicted molar refractivity (Wildman–Crippen MR) is 44.1 cm³/mol. The van der Waals surface area contributed by atoms with Crippen LogP contribution >= 0.6 is 0 Å². The molecule has 0 unspecified atom stereocenters. The first-order chi connectivity index (χ1) is 4.95. The van der Waals surface area contributed by atoms with E-state index in [9.17, 15) is 9.59 Å². The normalized spacial score (nSPS) is 12.1. The van der Waals surface area contributed by atoms with Crippen molar-refractivity contribution in [2.45, 2.75) is 0 Å². The molecule has 10 heavy (non-hydrogen) atoms. The second-order valence-corrected chi connectivity index (χ2v) is 1.81. The molecular weight excluding hydrogens is 130 g/mol. The van der Waals surface area contributed by atoms with E-state index >= 15 is 0 Å². The van der Waals surface area contributed by atoms with E-state index < -0.39 is 5.81 Å². The maximum atomic E-state index is 10.6. The maximum Gasteiger partial charge on any atom is 0.218 e. The molecule has 0 atom stereocenters. The molecule has 0 spiro atoms. The first-order valence-corrected chi connectivity index (χ1v) is 2.75. The molecule has 0 N–H and O–H groups in total. The van der Waals surface area contributed by atoms with Crippen LogP contribution in [0.15, 0.2) is 4.99 Å². The van der Waals surface area contributed by atoms with Crippen LogP contribution in [0.3, 0.4) is 0 Å². The van der Waals surface area contributed by atoms with Gasteiger partial charge < -0.3 is 4.90 Å². The molecule has 0 aliphatic rings. The summed E-state index contributed by atoms with van der Waals surface area (Å²) in [7, 11) is 3.91. The lowest BCUT2D eigenvalue weighted by Gasteiger charge is -2.05. The Morgan fingerprint density at radius 2 is 2.20 bits per heavy atom. The number of hydrogen-bond donors (Lipinski definition) is 0. The van der Waals surface area contributed by atoms with E-state index in [2.05, 4.69) is 4.99 Å². The number of amidine groups is 1. The molecule has 0 rings (SSSR count). The molecule has 0 aromatic heterocycles. The summed E-state index contributed by atoms with van der Waals surface area (Å²) >= 11 is 0. The number of carbonyl (C=O) groups is 2. The average Bonchev–Trinajstić information content (AvgIpc) is 1.84. The smallest absolute Gasteiger partial charge is 0.218 e. The fraction of sp³-hybridized carbons (Fsp3) is 0.250. The summed E-state index contributed by atoms with van der Waals surface area (Å²) in [6.45, 7) is 0. The SMILES string of the molecule is [3H]/C(=N/C(B)=O)N(C)C(B)=O. The van der Waals surface area contributed by atoms with Crippen LogP contribution in [0.2, 0.25) is 0 Å². The van der Waals surface area contributed by atoms with Crippen molar-refractivity contribution in [1.29, 1.82) is 0 Å². The van der Waals surface area contributed by atoms with Crippen molar-refractivity contribution in [3.05, 3.63) is 0 Å². The maximum absolute atomic E-state index is 10.6. The fourth-order valence-electron chi connectivity index (χ4n) is 0.216. The molecule has 0 saturated carbocycles. The number of nitrogens with zero attached hydrogens (tertiary/aromatic N) is 2. The van der Waals surface area contributed by atoms with Gasteiger partial charge >= 0.3 is 0 Å². The molecule has 0 aromatic rings. The molecule has 6 heteroatoms. The predicted octanol–water partition coefficient (Wildman–Crippen LogP) is -1.55. The molecule has 52 valence electrons. The van der Waals surface area contributed by atoms with Gasteiger partial charge in [0.05, 0.1) is 6.31 Å². The Labute approximate surface area is 62.5 Å². The van der Waals surface area contributed by atoms with E-state index in [4.69, 9.17) is 1.37 Å². The summed E-state index contributed by atoms with van der Waals surface area (Å²) in [5.41, 5.74) is 0. The van der Waals surface area contributed by atoms with Gasteiger partial charge in [-0.1, -0.05) is 0 Å². The van der Waals surface area contributed by atoms with Gasteiger partial charge in [0.15, 0.2) is 11.6 Å². The van der Waals surface area contributed by atoms with Crippen LogP contribution in [0.4, 0.5) is 9.59 Å². The summed E-state index contributed by atoms with van der Waals surface area (Å²) in [5.74, 6) is -0.803. The lowest BCUT2D eigenvalue weighted by molar-refractivity contribution is 0.248. The van der Waals surface area contributed by atoms with Crippen LogP contribution in [0.5, 0.6) is 0 Å². The molecule has 0 aliphatic carbocycles. The van der Waals surface area contributed by atoms with Crippen LogP contribution in [0.25, 0.3) is 0 Å². The summed E-state index contributed by atoms with van der Waals surface area (Å²) in [6.07, 6.45) is -0.329. The molecule has 0 saturated heterocycles. The number of carbonyl (C=O) groups excluding carboxylic acids is 2. The highest BCUT2D eigenvalue weighted by atomic mass is 16.2. The topological polar surface area (TPSA) is 49.7 Å². The van der Waals surface area contributed by atoms with Crippen molar-refractivity contribution in [1.82, 2.24) is 4.90 Å². The highest BCUT2D eigenvalue weighted by Gasteiger charge is 1.95. The summed E-state index contributed by atoms with van der Waals surface area (Å²) in [5, 5.41) is 0. The van der Waals surface area contributed by atoms with Crippen molar-refractivity contribution in [3.8, 4) is 0 Å². The second-order valence-electron chi connectivity index (χ2n) is 1.81. The standard InChI is InChI=1S/C4H8B2N2O2/c1-8(4(6)10)2-7-3(5)9/h2H,5-6H2,1H3/b7-2-/i2T. The average molecular weight is 140 g/mol. The minimum absolute atomic E-state index is 0.319. The van der Waals surface area contributed by atoms with Crippen LogP contribution in [0.1, 0.15) is 1.37 Å². The molecule has 0 fully saturated rings. The Kier molecular flexibility index (Phi) is 2.73. The van der Waals surface area contributed by atoms with Crippen molar-refractivity contribution in [2.75, 3.05) is 7.05 Å². The quantitative estimate of drug-likeness (QED) is 0.232. The minimum atomic E-state index is -0.483. The van der Waals surface area contributed by atoms with Gasteiger partial charge in [0.1, 0.15) is 1.37 Å². The zero-order valence-electron chi connectivity index (χ0n) is 7.21. The van der Waals surface area contributed by atoms with Gasteiger partial charge in [0, 0.05) is 7.05 Å². The number of aliphatic imine (C=N–C) groups is 1. The van der Waals surface area contributed by atoms with E-state index in [1.807, 2.05) is 0 Å². The lowest BCUT2D eigenvalue weighted by atomic mass is 10.1. The third-order valence-electron chi connectivity index (χ3n) is 0.830. The van der Waals surface area contributed by atoms with Gasteiger partial charge in [0.25, 0.3) is 0 Å². The van der Waals surface area contributed by atoms with Crippen molar-refractivity contribution in [2.24, 2.45) is 4.99 Å². The van der Waals surface area contributed by atoms with Gasteiger partial charge in [-0.15, -0.1) is 0 Å². The second kappa shape index (κ2) is 3.87. The van der Waals surface area contributed by atoms with E-state index in [1.165, 1.54) is 22.7 Å². The van der Waals surface area contributed by atoms with Gasteiger partial charge in [-0.3, -0.25) is 9.59 Å². The first-order valence-electron chi connectivity index (χ1n) is 3.25. The van der Waals surface area contributed by atoms with E-state index in [0.717, 1.165) is 4.90 Å². The highest BCUT2D eigenvalue weighted by molar-refractivity contribution is 6.59. The Bertz CT molecular complexity index is 218. The van der Waals surface area contributed by atoms with Gasteiger partial charge in [-0.2, -0.15) is 0 Å². The first kappa shape index (κ1) is 7.05. The van der Waals surface area contributed by atoms with Crippen LogP contribution in [-0.2, 0) is 0 Å². The summed E-state index contributed by atoms with van der Waals surface area (Å²) < 4.78 is 7.07. The summed E-state index contributed by atoms with van der Waals surface area (Å²) in [4.78, 5) is 25.2. The van der Waals surface area contributed by atoms with E-state index in [0.29, 0.717) is 0 Å². The Hall–Kier alpha value is -1.06. The number of amides is 2. The molecule has 0 aliphatic heterocycles. The third kappa shape index (κ3) is 3.88. The van der Waals surface area contributed by atoms with E-state index in [1.54, 1.807) is 0 Å². The molecular formula is C4H8B2N2O2. The molecule has 0 heterocycles. The van der Waals surface area contributed by atoms with Gasteiger partial charge in [0.2, 0.25) is 15.7 Å². The van der Waals surface area contributed by atoms with Crippen LogP contribution in [0, 0.1) is 0 Å². The van der Waals surface area contributed by atoms with Crippen molar-refractivity contribution < 1.29 is 11.0 Å². The monoisotopic (exact) mass is 140 g/mol. The largest absolute Gasteiger partial charge is 0.315 e. The van der Waals surface area contributed by atoms with Gasteiger partial charge in [-0.05, 0) is 0 Å². The minimum Gasteiger partial charge on any atom is -0.315 e. The van der Waals surface area contributed by atoms with E-state index in [-0.39, 0.29) is 12.1 Å². The zero-order valence-corrected chi connectivity index (χ0v) is 6.21. The Morgan fingerprint density at radius 1 is 1.70 bits per heavy atom. The Morgan fingerprint density at radius 3 is 2.50 bits per heavy atom. The van der Waals surface area contributed by atoms with Crippen molar-refractivity contribution >= 4 is 33.6 Å². The van der Waals surface area contributed by atoms with Crippen LogP contribution < -0.4 is 0 Å². The number of rotatable bonds is 0. The third-order valence-corrected chi connectivity index (χ3v) is 0.830. The lowest BCUT2D eigenvalue weighted by Crippen LogP contribution is -2.23. The van der Waals surface area contributed by atoms with Crippen LogP contribution in [-0.4, -0.2) is 45.6 Å². The Balaban J connectivity index is 4.35. The van der Waals surface area contributed by atoms with Gasteiger partial charge in [-0.25, -0.2) is 4.99 Å². The fourth-order valence-corrected chi connectivity index (χ4v) is 0.216. The molecule has 0 radical (unpaired) electrons. The molecule has 0 aromatic carbocycles. The number of hydrogen-bond acceptors (Lipinski definition) is 2. The van der Waals surface area contributed by atoms with Crippen molar-refractivity contribution in [3.63, 3.8) is 0 Å². The molecule has 0 bridgehead atoms. The summed E-state index contributed by atoms with van der Waals surface area (Å²) in [6, 6.07) is 0.